The molecule has 1 aliphatic heterocycles. The summed E-state index contributed by atoms with van der Waals surface area (Å²) < 4.78 is 0. The van der Waals surface area contributed by atoms with E-state index in [1.54, 1.807) is 11.3 Å². The van der Waals surface area contributed by atoms with Crippen LogP contribution >= 0.6 is 11.3 Å². The second-order valence-electron chi connectivity index (χ2n) is 5.10. The fourth-order valence-corrected chi connectivity index (χ4v) is 3.59. The first-order chi connectivity index (χ1) is 9.33. The van der Waals surface area contributed by atoms with E-state index in [0.29, 0.717) is 6.04 Å². The Morgan fingerprint density at radius 3 is 3.11 bits per heavy atom. The Hall–Kier alpha value is -1.39. The zero-order valence-electron chi connectivity index (χ0n) is 11.0. The molecule has 1 atom stereocenters. The molecule has 1 aliphatic rings. The first kappa shape index (κ1) is 12.6. The van der Waals surface area contributed by atoms with Crippen LogP contribution < -0.4 is 5.73 Å². The van der Waals surface area contributed by atoms with Gasteiger partial charge in [0.25, 0.3) is 0 Å². The summed E-state index contributed by atoms with van der Waals surface area (Å²) >= 11 is 1.77. The number of hydrogen-bond donors (Lipinski definition) is 1. The lowest BCUT2D eigenvalue weighted by Gasteiger charge is -2.34. The van der Waals surface area contributed by atoms with Crippen molar-refractivity contribution >= 4 is 17.0 Å². The zero-order chi connectivity index (χ0) is 13.1. The van der Waals surface area contributed by atoms with Crippen molar-refractivity contribution in [1.82, 2.24) is 9.88 Å². The molecule has 2 aromatic rings. The highest BCUT2D eigenvalue weighted by Gasteiger charge is 2.25. The number of benzene rings is 1. The number of thiazole rings is 1. The minimum absolute atomic E-state index is 0.482. The van der Waals surface area contributed by atoms with Crippen LogP contribution in [0.4, 0.5) is 5.69 Å². The summed E-state index contributed by atoms with van der Waals surface area (Å²) in [4.78, 5) is 7.04. The zero-order valence-corrected chi connectivity index (χ0v) is 11.8. The Balaban J connectivity index is 1.77. The summed E-state index contributed by atoms with van der Waals surface area (Å²) in [5, 5.41) is 3.33. The first-order valence-corrected chi connectivity index (χ1v) is 7.69. The third-order valence-corrected chi connectivity index (χ3v) is 4.56. The van der Waals surface area contributed by atoms with E-state index < -0.39 is 0 Å². The van der Waals surface area contributed by atoms with Gasteiger partial charge in [0.2, 0.25) is 0 Å². The number of aromatic nitrogens is 1. The van der Waals surface area contributed by atoms with E-state index in [4.69, 9.17) is 5.73 Å². The van der Waals surface area contributed by atoms with Crippen molar-refractivity contribution in [2.75, 3.05) is 12.3 Å². The van der Waals surface area contributed by atoms with Crippen LogP contribution in [0.25, 0.3) is 0 Å². The normalized spacial score (nSPS) is 20.5. The van der Waals surface area contributed by atoms with Crippen LogP contribution in [0.15, 0.2) is 35.8 Å². The lowest BCUT2D eigenvalue weighted by molar-refractivity contribution is 0.140. The molecule has 1 saturated heterocycles. The van der Waals surface area contributed by atoms with Gasteiger partial charge in [-0.15, -0.1) is 11.3 Å². The smallest absolute Gasteiger partial charge is 0.110 e. The number of anilines is 1. The van der Waals surface area contributed by atoms with Crippen molar-refractivity contribution in [2.45, 2.75) is 31.8 Å². The fraction of sp³-hybridized carbons (Fsp3) is 0.400. The Morgan fingerprint density at radius 1 is 1.37 bits per heavy atom. The van der Waals surface area contributed by atoms with Gasteiger partial charge in [0, 0.05) is 23.8 Å². The number of likely N-dealkylation sites (tertiary alicyclic amines) is 1. The monoisotopic (exact) mass is 273 g/mol. The maximum atomic E-state index is 5.86. The molecule has 0 amide bonds. The topological polar surface area (TPSA) is 42.1 Å². The van der Waals surface area contributed by atoms with Gasteiger partial charge in [0.15, 0.2) is 0 Å². The highest BCUT2D eigenvalue weighted by atomic mass is 32.1. The van der Waals surface area contributed by atoms with Gasteiger partial charge in [-0.25, -0.2) is 4.98 Å². The van der Waals surface area contributed by atoms with Crippen LogP contribution in [0.5, 0.6) is 0 Å². The molecule has 1 unspecified atom stereocenters. The molecule has 0 bridgehead atoms. The molecule has 4 heteroatoms. The Morgan fingerprint density at radius 2 is 2.32 bits per heavy atom. The second kappa shape index (κ2) is 5.72. The quantitative estimate of drug-likeness (QED) is 0.871. The molecule has 0 saturated carbocycles. The molecule has 0 spiro atoms. The Bertz CT molecular complexity index is 524. The van der Waals surface area contributed by atoms with Crippen molar-refractivity contribution in [3.8, 4) is 0 Å². The summed E-state index contributed by atoms with van der Waals surface area (Å²) in [5.74, 6) is 0. The first-order valence-electron chi connectivity index (χ1n) is 6.81. The van der Waals surface area contributed by atoms with Gasteiger partial charge < -0.3 is 5.73 Å². The SMILES string of the molecule is Nc1cccc(CN2CCCCC2c2nccs2)c1. The third kappa shape index (κ3) is 2.96. The lowest BCUT2D eigenvalue weighted by atomic mass is 10.0. The van der Waals surface area contributed by atoms with Crippen molar-refractivity contribution in [1.29, 1.82) is 0 Å². The van der Waals surface area contributed by atoms with Crippen molar-refractivity contribution in [2.24, 2.45) is 0 Å². The summed E-state index contributed by atoms with van der Waals surface area (Å²) in [6, 6.07) is 8.69. The van der Waals surface area contributed by atoms with Gasteiger partial charge in [-0.3, -0.25) is 4.90 Å². The molecule has 100 valence electrons. The van der Waals surface area contributed by atoms with Crippen molar-refractivity contribution in [3.63, 3.8) is 0 Å². The Kier molecular flexibility index (Phi) is 3.80. The minimum atomic E-state index is 0.482. The van der Waals surface area contributed by atoms with Crippen LogP contribution in [0.1, 0.15) is 35.9 Å². The average Bonchev–Trinajstić information content (AvgIpc) is 2.93. The molecule has 19 heavy (non-hydrogen) atoms. The molecule has 2 N–H and O–H groups in total. The van der Waals surface area contributed by atoms with Gasteiger partial charge >= 0.3 is 0 Å². The maximum absolute atomic E-state index is 5.86. The van der Waals surface area contributed by atoms with E-state index in [1.807, 2.05) is 18.3 Å². The number of nitrogen functional groups attached to an aromatic ring is 1. The number of hydrogen-bond acceptors (Lipinski definition) is 4. The molecule has 0 aliphatic carbocycles. The van der Waals surface area contributed by atoms with Crippen molar-refractivity contribution in [3.05, 3.63) is 46.4 Å². The molecule has 3 nitrogen and oxygen atoms in total. The van der Waals surface area contributed by atoms with Crippen LogP contribution in [-0.4, -0.2) is 16.4 Å². The minimum Gasteiger partial charge on any atom is -0.399 e. The molecule has 1 aromatic heterocycles. The number of nitrogens with zero attached hydrogens (tertiary/aromatic N) is 2. The fourth-order valence-electron chi connectivity index (χ4n) is 2.78. The van der Waals surface area contributed by atoms with Crippen LogP contribution in [0.2, 0.25) is 0 Å². The average molecular weight is 273 g/mol. The Labute approximate surface area is 118 Å². The largest absolute Gasteiger partial charge is 0.399 e. The van der Waals surface area contributed by atoms with Crippen LogP contribution in [-0.2, 0) is 6.54 Å². The predicted octanol–water partition coefficient (Wildman–Crippen LogP) is 3.45. The molecule has 3 rings (SSSR count). The predicted molar refractivity (Wildman–Crippen MR) is 80.0 cm³/mol. The molecule has 2 heterocycles. The summed E-state index contributed by atoms with van der Waals surface area (Å²) in [6.45, 7) is 2.12. The van der Waals surface area contributed by atoms with E-state index >= 15 is 0 Å². The van der Waals surface area contributed by atoms with E-state index in [0.717, 1.165) is 18.8 Å². The van der Waals surface area contributed by atoms with E-state index in [9.17, 15) is 0 Å². The number of rotatable bonds is 3. The van der Waals surface area contributed by atoms with E-state index in [-0.39, 0.29) is 0 Å². The summed E-state index contributed by atoms with van der Waals surface area (Å²) in [6.07, 6.45) is 5.71. The van der Waals surface area contributed by atoms with E-state index in [1.165, 1.54) is 29.8 Å². The van der Waals surface area contributed by atoms with Gasteiger partial charge in [0.1, 0.15) is 5.01 Å². The molecular weight excluding hydrogens is 254 g/mol. The van der Waals surface area contributed by atoms with Gasteiger partial charge in [0.05, 0.1) is 6.04 Å². The van der Waals surface area contributed by atoms with Gasteiger partial charge in [-0.2, -0.15) is 0 Å². The summed E-state index contributed by atoms with van der Waals surface area (Å²) in [5.41, 5.74) is 8.01. The standard InChI is InChI=1S/C15H19N3S/c16-13-5-3-4-12(10-13)11-18-8-2-1-6-14(18)15-17-7-9-19-15/h3-5,7,9-10,14H,1-2,6,8,11,16H2. The van der Waals surface area contributed by atoms with Crippen LogP contribution in [0.3, 0.4) is 0 Å². The lowest BCUT2D eigenvalue weighted by Crippen LogP contribution is -2.32. The van der Waals surface area contributed by atoms with Crippen LogP contribution in [0, 0.1) is 0 Å². The van der Waals surface area contributed by atoms with Gasteiger partial charge in [-0.1, -0.05) is 18.6 Å². The highest BCUT2D eigenvalue weighted by molar-refractivity contribution is 7.09. The van der Waals surface area contributed by atoms with Gasteiger partial charge in [-0.05, 0) is 37.1 Å². The van der Waals surface area contributed by atoms with E-state index in [2.05, 4.69) is 27.4 Å². The second-order valence-corrected chi connectivity index (χ2v) is 6.02. The maximum Gasteiger partial charge on any atom is 0.110 e. The highest BCUT2D eigenvalue weighted by Crippen LogP contribution is 2.33. The third-order valence-electron chi connectivity index (χ3n) is 3.69. The molecular formula is C15H19N3S. The summed E-state index contributed by atoms with van der Waals surface area (Å²) in [7, 11) is 0. The molecule has 1 fully saturated rings. The van der Waals surface area contributed by atoms with Crippen molar-refractivity contribution < 1.29 is 0 Å². The number of nitrogens with two attached hydrogens (primary N) is 1. The molecule has 0 radical (unpaired) electrons. The molecule has 1 aromatic carbocycles. The number of piperidine rings is 1.